The van der Waals surface area contributed by atoms with E-state index in [1.165, 1.54) is 5.56 Å². The smallest absolute Gasteiger partial charge is 0.0221 e. The van der Waals surface area contributed by atoms with E-state index in [2.05, 4.69) is 17.1 Å². The largest absolute Gasteiger partial charge is 0.269 e. The molecule has 0 spiro atoms. The number of aliphatic imine (C=N–C) groups is 1. The molecule has 0 heterocycles. The molecule has 0 N–H and O–H groups in total. The Morgan fingerprint density at radius 3 is 2.06 bits per heavy atom. The van der Waals surface area contributed by atoms with Gasteiger partial charge in [-0.1, -0.05) is 64.1 Å². The molecule has 0 aromatic heterocycles. The first-order chi connectivity index (χ1) is 7.93. The maximum absolute atomic E-state index is 4.08. The normalized spacial score (nSPS) is 9.31. The van der Waals surface area contributed by atoms with Gasteiger partial charge in [0.25, 0.3) is 0 Å². The van der Waals surface area contributed by atoms with Crippen molar-refractivity contribution in [2.24, 2.45) is 4.99 Å². The number of hydrogen-bond donors (Lipinski definition) is 0. The highest BCUT2D eigenvalue weighted by molar-refractivity contribution is 5.62. The zero-order valence-electron chi connectivity index (χ0n) is 11.3. The van der Waals surface area contributed by atoms with Crippen LogP contribution in [0.15, 0.2) is 47.6 Å². The first kappa shape index (κ1) is 17.0. The highest BCUT2D eigenvalue weighted by Gasteiger charge is 1.84. The number of hydrogen-bond acceptors (Lipinski definition) is 1. The summed E-state index contributed by atoms with van der Waals surface area (Å²) in [6, 6.07) is 10.3. The van der Waals surface area contributed by atoms with Crippen molar-refractivity contribution < 1.29 is 0 Å². The Hall–Kier alpha value is -1.37. The molecule has 0 aliphatic rings. The number of allylic oxidation sites excluding steroid dienone is 1. The molecule has 0 aliphatic heterocycles. The molecule has 0 amide bonds. The van der Waals surface area contributed by atoms with Gasteiger partial charge < -0.3 is 0 Å². The van der Waals surface area contributed by atoms with Gasteiger partial charge in [-0.15, -0.1) is 0 Å². The first-order valence-electron chi connectivity index (χ1n) is 6.10. The van der Waals surface area contributed by atoms with Crippen molar-refractivity contribution in [3.05, 3.63) is 48.2 Å². The number of rotatable bonds is 3. The van der Waals surface area contributed by atoms with Crippen LogP contribution < -0.4 is 0 Å². The fourth-order valence-electron chi connectivity index (χ4n) is 0.919. The van der Waals surface area contributed by atoms with Gasteiger partial charge in [0, 0.05) is 18.8 Å². The van der Waals surface area contributed by atoms with Crippen molar-refractivity contribution in [3.63, 3.8) is 0 Å². The summed E-state index contributed by atoms with van der Waals surface area (Å²) in [5.74, 6) is 0. The van der Waals surface area contributed by atoms with Gasteiger partial charge >= 0.3 is 0 Å². The quantitative estimate of drug-likeness (QED) is 0.642. The summed E-state index contributed by atoms with van der Waals surface area (Å²) in [4.78, 5) is 4.08. The van der Waals surface area contributed by atoms with Crippen LogP contribution in [0, 0.1) is 0 Å². The minimum absolute atomic E-state index is 0.908. The van der Waals surface area contributed by atoms with E-state index in [4.69, 9.17) is 0 Å². The third-order valence-corrected chi connectivity index (χ3v) is 1.51. The SMILES string of the molecule is C/C=C\N=CCc1ccccc1.CC.CC. The predicted octanol–water partition coefficient (Wildman–Crippen LogP) is 4.89. The van der Waals surface area contributed by atoms with Crippen molar-refractivity contribution in [2.75, 3.05) is 0 Å². The Morgan fingerprint density at radius 2 is 1.56 bits per heavy atom. The molecule has 0 unspecified atom stereocenters. The van der Waals surface area contributed by atoms with Gasteiger partial charge in [-0.2, -0.15) is 0 Å². The molecule has 0 fully saturated rings. The predicted molar refractivity (Wildman–Crippen MR) is 76.1 cm³/mol. The summed E-state index contributed by atoms with van der Waals surface area (Å²) < 4.78 is 0. The topological polar surface area (TPSA) is 12.4 Å². The molecule has 0 saturated carbocycles. The van der Waals surface area contributed by atoms with E-state index in [0.717, 1.165) is 6.42 Å². The van der Waals surface area contributed by atoms with Gasteiger partial charge in [0.1, 0.15) is 0 Å². The molecule has 16 heavy (non-hydrogen) atoms. The molecule has 1 aromatic rings. The molecular weight excluding hydrogens is 194 g/mol. The lowest BCUT2D eigenvalue weighted by atomic mass is 10.2. The maximum Gasteiger partial charge on any atom is 0.0221 e. The monoisotopic (exact) mass is 219 g/mol. The van der Waals surface area contributed by atoms with Crippen molar-refractivity contribution in [2.45, 2.75) is 41.0 Å². The van der Waals surface area contributed by atoms with Crippen LogP contribution in [-0.4, -0.2) is 6.21 Å². The van der Waals surface area contributed by atoms with E-state index in [9.17, 15) is 0 Å². The second-order valence-electron chi connectivity index (χ2n) is 2.50. The summed E-state index contributed by atoms with van der Waals surface area (Å²) in [5, 5.41) is 0. The molecule has 1 heteroatoms. The Bertz CT molecular complexity index is 260. The zero-order chi connectivity index (χ0) is 12.6. The van der Waals surface area contributed by atoms with Crippen LogP contribution in [0.3, 0.4) is 0 Å². The highest BCUT2D eigenvalue weighted by atomic mass is 14.7. The molecule has 0 aliphatic carbocycles. The second kappa shape index (κ2) is 16.1. The summed E-state index contributed by atoms with van der Waals surface area (Å²) in [7, 11) is 0. The molecule has 1 rings (SSSR count). The molecule has 90 valence electrons. The van der Waals surface area contributed by atoms with Crippen LogP contribution in [0.4, 0.5) is 0 Å². The Labute approximate surface area is 101 Å². The molecule has 0 radical (unpaired) electrons. The fourth-order valence-corrected chi connectivity index (χ4v) is 0.919. The molecule has 0 bridgehead atoms. The van der Waals surface area contributed by atoms with Crippen LogP contribution in [-0.2, 0) is 6.42 Å². The molecule has 0 saturated heterocycles. The minimum atomic E-state index is 0.908. The van der Waals surface area contributed by atoms with Gasteiger partial charge in [0.2, 0.25) is 0 Å². The lowest BCUT2D eigenvalue weighted by molar-refractivity contribution is 1.34. The number of nitrogens with zero attached hydrogens (tertiary/aromatic N) is 1. The van der Waals surface area contributed by atoms with E-state index < -0.39 is 0 Å². The van der Waals surface area contributed by atoms with E-state index in [0.29, 0.717) is 0 Å². The maximum atomic E-state index is 4.08. The van der Waals surface area contributed by atoms with Crippen molar-refractivity contribution >= 4 is 6.21 Å². The van der Waals surface area contributed by atoms with Gasteiger partial charge in [-0.25, -0.2) is 0 Å². The molecule has 1 nitrogen and oxygen atoms in total. The summed E-state index contributed by atoms with van der Waals surface area (Å²) >= 11 is 0. The van der Waals surface area contributed by atoms with Crippen LogP contribution >= 0.6 is 0 Å². The van der Waals surface area contributed by atoms with Crippen LogP contribution in [0.25, 0.3) is 0 Å². The Morgan fingerprint density at radius 1 is 1.00 bits per heavy atom. The second-order valence-corrected chi connectivity index (χ2v) is 2.50. The highest BCUT2D eigenvalue weighted by Crippen LogP contribution is 1.97. The molecular formula is C15H25N. The summed E-state index contributed by atoms with van der Waals surface area (Å²) in [6.45, 7) is 9.96. The third-order valence-electron chi connectivity index (χ3n) is 1.51. The Kier molecular flexibility index (Phi) is 17.1. The van der Waals surface area contributed by atoms with Gasteiger partial charge in [0.05, 0.1) is 0 Å². The third kappa shape index (κ3) is 10.7. The summed E-state index contributed by atoms with van der Waals surface area (Å²) in [5.41, 5.74) is 1.30. The zero-order valence-corrected chi connectivity index (χ0v) is 11.3. The average Bonchev–Trinajstić information content (AvgIpc) is 2.41. The van der Waals surface area contributed by atoms with Gasteiger partial charge in [0.15, 0.2) is 0 Å². The van der Waals surface area contributed by atoms with E-state index in [1.807, 2.05) is 65.1 Å². The fraction of sp³-hybridized carbons (Fsp3) is 0.400. The lowest BCUT2D eigenvalue weighted by Gasteiger charge is -1.91. The average molecular weight is 219 g/mol. The van der Waals surface area contributed by atoms with E-state index >= 15 is 0 Å². The van der Waals surface area contributed by atoms with Crippen LogP contribution in [0.1, 0.15) is 40.2 Å². The van der Waals surface area contributed by atoms with Crippen molar-refractivity contribution in [1.82, 2.24) is 0 Å². The van der Waals surface area contributed by atoms with E-state index in [1.54, 1.807) is 6.20 Å². The van der Waals surface area contributed by atoms with Gasteiger partial charge in [-0.05, 0) is 12.5 Å². The lowest BCUT2D eigenvalue weighted by Crippen LogP contribution is -1.83. The Balaban J connectivity index is 0. The standard InChI is InChI=1S/C11H13N.2C2H6/c1-2-9-12-10-8-11-6-4-3-5-7-11;2*1-2/h2-7,9-10H,8H2,1H3;2*1-2H3/b9-2-,12-10?;;. The van der Waals surface area contributed by atoms with Gasteiger partial charge in [-0.3, -0.25) is 4.99 Å². The molecule has 0 atom stereocenters. The first-order valence-corrected chi connectivity index (χ1v) is 6.10. The van der Waals surface area contributed by atoms with Crippen molar-refractivity contribution in [1.29, 1.82) is 0 Å². The van der Waals surface area contributed by atoms with E-state index in [-0.39, 0.29) is 0 Å². The number of benzene rings is 1. The van der Waals surface area contributed by atoms with Crippen molar-refractivity contribution in [3.8, 4) is 0 Å². The summed E-state index contributed by atoms with van der Waals surface area (Å²) in [6.07, 6.45) is 6.53. The minimum Gasteiger partial charge on any atom is -0.269 e. The van der Waals surface area contributed by atoms with Crippen LogP contribution in [0.2, 0.25) is 0 Å². The van der Waals surface area contributed by atoms with Crippen LogP contribution in [0.5, 0.6) is 0 Å². The molecule has 1 aromatic carbocycles.